The lowest BCUT2D eigenvalue weighted by atomic mass is 9.96. The number of para-hydroxylation sites is 1. The third kappa shape index (κ3) is 1.10. The average molecular weight is 215 g/mol. The van der Waals surface area contributed by atoms with E-state index < -0.39 is 11.7 Å². The van der Waals surface area contributed by atoms with Gasteiger partial charge in [0.15, 0.2) is 0 Å². The molecular weight excluding hydrogens is 206 g/mol. The molecule has 1 aromatic rings. The van der Waals surface area contributed by atoms with E-state index in [1.807, 2.05) is 30.3 Å². The van der Waals surface area contributed by atoms with E-state index in [0.29, 0.717) is 0 Å². The third-order valence-corrected chi connectivity index (χ3v) is 2.80. The number of hydrogen-bond acceptors (Lipinski definition) is 3. The smallest absolute Gasteiger partial charge is 0.333 e. The van der Waals surface area contributed by atoms with Crippen molar-refractivity contribution in [3.8, 4) is 0 Å². The van der Waals surface area contributed by atoms with E-state index >= 15 is 0 Å². The summed E-state index contributed by atoms with van der Waals surface area (Å²) in [5.74, 6) is -0.431. The number of benzene rings is 1. The minimum atomic E-state index is -0.866. The van der Waals surface area contributed by atoms with Crippen LogP contribution in [0, 0.1) is 0 Å². The average Bonchev–Trinajstić information content (AvgIpc) is 2.63. The second-order valence-electron chi connectivity index (χ2n) is 3.84. The molecule has 16 heavy (non-hydrogen) atoms. The maximum Gasteiger partial charge on any atom is 0.333 e. The Bertz CT molecular complexity index is 494. The van der Waals surface area contributed by atoms with Gasteiger partial charge in [-0.1, -0.05) is 18.2 Å². The number of carbonyl (C=O) groups is 2. The second-order valence-corrected chi connectivity index (χ2v) is 3.84. The Balaban J connectivity index is 1.98. The lowest BCUT2D eigenvalue weighted by Gasteiger charge is -2.46. The van der Waals surface area contributed by atoms with Crippen LogP contribution in [0.5, 0.6) is 0 Å². The number of nitrogens with zero attached hydrogens (tertiary/aromatic N) is 1. The van der Waals surface area contributed by atoms with Gasteiger partial charge in [-0.05, 0) is 18.2 Å². The van der Waals surface area contributed by atoms with E-state index in [0.717, 1.165) is 5.69 Å². The summed E-state index contributed by atoms with van der Waals surface area (Å²) in [7, 11) is 0. The van der Waals surface area contributed by atoms with Crippen molar-refractivity contribution in [3.05, 3.63) is 42.5 Å². The zero-order valence-corrected chi connectivity index (χ0v) is 8.42. The molecule has 3 rings (SSSR count). The summed E-state index contributed by atoms with van der Waals surface area (Å²) in [6, 6.07) is 9.19. The van der Waals surface area contributed by atoms with Crippen LogP contribution in [0.15, 0.2) is 42.5 Å². The predicted octanol–water partition coefficient (Wildman–Crippen LogP) is 1.23. The molecule has 4 heteroatoms. The maximum atomic E-state index is 11.6. The molecule has 0 aromatic heterocycles. The van der Waals surface area contributed by atoms with Gasteiger partial charge >= 0.3 is 5.97 Å². The molecular formula is C12H9NO3. The zero-order chi connectivity index (χ0) is 11.2. The fourth-order valence-corrected chi connectivity index (χ4v) is 2.09. The maximum absolute atomic E-state index is 11.6. The van der Waals surface area contributed by atoms with E-state index in [-0.39, 0.29) is 12.3 Å². The second kappa shape index (κ2) is 2.95. The number of carbonyl (C=O) groups excluding carboxylic acids is 2. The summed E-state index contributed by atoms with van der Waals surface area (Å²) in [5.41, 5.74) is -0.117. The van der Waals surface area contributed by atoms with Gasteiger partial charge in [-0.3, -0.25) is 9.69 Å². The van der Waals surface area contributed by atoms with Crippen LogP contribution in [0.3, 0.4) is 0 Å². The fourth-order valence-electron chi connectivity index (χ4n) is 2.09. The lowest BCUT2D eigenvalue weighted by Crippen LogP contribution is -2.63. The summed E-state index contributed by atoms with van der Waals surface area (Å²) in [6.07, 6.45) is 3.23. The molecule has 1 atom stereocenters. The molecule has 1 amide bonds. The molecule has 0 radical (unpaired) electrons. The van der Waals surface area contributed by atoms with Gasteiger partial charge in [0.05, 0.1) is 6.42 Å². The fraction of sp³-hybridized carbons (Fsp3) is 0.167. The van der Waals surface area contributed by atoms with Gasteiger partial charge in [0.25, 0.3) is 0 Å². The SMILES string of the molecule is O=C1C=CC2(CC(=O)N2c2ccccc2)O1. The first kappa shape index (κ1) is 9.15. The highest BCUT2D eigenvalue weighted by molar-refractivity contribution is 6.05. The lowest BCUT2D eigenvalue weighted by molar-refractivity contribution is -0.156. The molecule has 1 unspecified atom stereocenters. The monoisotopic (exact) mass is 215 g/mol. The van der Waals surface area contributed by atoms with E-state index in [9.17, 15) is 9.59 Å². The Morgan fingerprint density at radius 3 is 2.50 bits per heavy atom. The summed E-state index contributed by atoms with van der Waals surface area (Å²) < 4.78 is 5.18. The predicted molar refractivity (Wildman–Crippen MR) is 56.5 cm³/mol. The largest absolute Gasteiger partial charge is 0.431 e. The van der Waals surface area contributed by atoms with Crippen LogP contribution in [-0.4, -0.2) is 17.6 Å². The van der Waals surface area contributed by atoms with E-state index in [1.54, 1.807) is 6.08 Å². The third-order valence-electron chi connectivity index (χ3n) is 2.80. The Labute approximate surface area is 92.1 Å². The van der Waals surface area contributed by atoms with E-state index in [4.69, 9.17) is 4.74 Å². The molecule has 2 aliphatic heterocycles. The first-order chi connectivity index (χ1) is 7.71. The molecule has 0 bridgehead atoms. The normalized spacial score (nSPS) is 27.1. The van der Waals surface area contributed by atoms with Crippen molar-refractivity contribution in [2.75, 3.05) is 4.90 Å². The molecule has 2 aliphatic rings. The van der Waals surface area contributed by atoms with Crippen molar-refractivity contribution < 1.29 is 14.3 Å². The minimum absolute atomic E-state index is 0.0365. The quantitative estimate of drug-likeness (QED) is 0.523. The number of esters is 1. The summed E-state index contributed by atoms with van der Waals surface area (Å²) in [5, 5.41) is 0. The van der Waals surface area contributed by atoms with Crippen LogP contribution in [0.25, 0.3) is 0 Å². The molecule has 1 saturated heterocycles. The van der Waals surface area contributed by atoms with Gasteiger partial charge in [0.2, 0.25) is 11.6 Å². The highest BCUT2D eigenvalue weighted by Gasteiger charge is 2.55. The number of amides is 1. The summed E-state index contributed by atoms with van der Waals surface area (Å²) in [4.78, 5) is 24.2. The Morgan fingerprint density at radius 1 is 1.19 bits per heavy atom. The number of rotatable bonds is 1. The van der Waals surface area contributed by atoms with Crippen molar-refractivity contribution in [1.29, 1.82) is 0 Å². The molecule has 1 fully saturated rings. The molecule has 2 heterocycles. The molecule has 0 saturated carbocycles. The molecule has 80 valence electrons. The zero-order valence-electron chi connectivity index (χ0n) is 8.42. The first-order valence-corrected chi connectivity index (χ1v) is 5.02. The van der Waals surface area contributed by atoms with Gasteiger partial charge in [-0.2, -0.15) is 0 Å². The van der Waals surface area contributed by atoms with Crippen LogP contribution < -0.4 is 4.90 Å². The highest BCUT2D eigenvalue weighted by atomic mass is 16.6. The van der Waals surface area contributed by atoms with Crippen molar-refractivity contribution in [2.24, 2.45) is 0 Å². The standard InChI is InChI=1S/C12H9NO3/c14-10-8-12(7-6-11(15)16-12)13(10)9-4-2-1-3-5-9/h1-7H,8H2. The Morgan fingerprint density at radius 2 is 1.94 bits per heavy atom. The molecule has 1 spiro atoms. The van der Waals surface area contributed by atoms with Crippen molar-refractivity contribution in [1.82, 2.24) is 0 Å². The highest BCUT2D eigenvalue weighted by Crippen LogP contribution is 2.41. The van der Waals surface area contributed by atoms with Crippen LogP contribution in [0.2, 0.25) is 0 Å². The Kier molecular flexibility index (Phi) is 1.68. The molecule has 4 nitrogen and oxygen atoms in total. The van der Waals surface area contributed by atoms with Crippen LogP contribution in [0.1, 0.15) is 6.42 Å². The number of β-lactam (4-membered cyclic amide) rings is 1. The minimum Gasteiger partial charge on any atom is -0.431 e. The van der Waals surface area contributed by atoms with Gasteiger partial charge in [-0.15, -0.1) is 0 Å². The first-order valence-electron chi connectivity index (χ1n) is 5.02. The molecule has 1 aromatic carbocycles. The number of anilines is 1. The van der Waals surface area contributed by atoms with Crippen molar-refractivity contribution >= 4 is 17.6 Å². The summed E-state index contributed by atoms with van der Waals surface area (Å²) in [6.45, 7) is 0. The summed E-state index contributed by atoms with van der Waals surface area (Å²) >= 11 is 0. The van der Waals surface area contributed by atoms with Crippen LogP contribution >= 0.6 is 0 Å². The van der Waals surface area contributed by atoms with Crippen molar-refractivity contribution in [2.45, 2.75) is 12.1 Å². The molecule has 0 N–H and O–H groups in total. The van der Waals surface area contributed by atoms with Crippen LogP contribution in [0.4, 0.5) is 5.69 Å². The van der Waals surface area contributed by atoms with E-state index in [2.05, 4.69) is 0 Å². The van der Waals surface area contributed by atoms with Gasteiger partial charge in [-0.25, -0.2) is 4.79 Å². The number of ether oxygens (including phenoxy) is 1. The van der Waals surface area contributed by atoms with Crippen LogP contribution in [-0.2, 0) is 14.3 Å². The molecule has 0 aliphatic carbocycles. The number of hydrogen-bond donors (Lipinski definition) is 0. The van der Waals surface area contributed by atoms with Gasteiger partial charge in [0, 0.05) is 11.8 Å². The van der Waals surface area contributed by atoms with Gasteiger partial charge in [0.1, 0.15) is 0 Å². The topological polar surface area (TPSA) is 46.6 Å². The van der Waals surface area contributed by atoms with E-state index in [1.165, 1.54) is 11.0 Å². The van der Waals surface area contributed by atoms with Gasteiger partial charge < -0.3 is 4.74 Å². The Hall–Kier alpha value is -2.10. The van der Waals surface area contributed by atoms with Crippen molar-refractivity contribution in [3.63, 3.8) is 0 Å².